The summed E-state index contributed by atoms with van der Waals surface area (Å²) in [5, 5.41) is 7.20. The van der Waals surface area contributed by atoms with Crippen LogP contribution in [0.1, 0.15) is 23.4 Å². The molecule has 34 heavy (non-hydrogen) atoms. The first-order chi connectivity index (χ1) is 16.3. The smallest absolute Gasteiger partial charge is 0.268 e. The summed E-state index contributed by atoms with van der Waals surface area (Å²) in [5.74, 6) is 0.906. The van der Waals surface area contributed by atoms with Crippen molar-refractivity contribution in [3.05, 3.63) is 59.4 Å². The third-order valence-electron chi connectivity index (χ3n) is 6.03. The van der Waals surface area contributed by atoms with Crippen LogP contribution in [0.25, 0.3) is 0 Å². The van der Waals surface area contributed by atoms with E-state index in [1.807, 2.05) is 24.3 Å². The minimum absolute atomic E-state index is 0.118. The molecule has 10 heteroatoms. The normalized spacial score (nSPS) is 15.1. The average molecular weight is 483 g/mol. The van der Waals surface area contributed by atoms with Crippen molar-refractivity contribution in [3.8, 4) is 11.5 Å². The van der Waals surface area contributed by atoms with Gasteiger partial charge in [0.2, 0.25) is 5.91 Å². The van der Waals surface area contributed by atoms with E-state index < -0.39 is 10.0 Å². The number of aromatic nitrogens is 2. The number of para-hydroxylation sites is 1. The Labute approximate surface area is 198 Å². The zero-order chi connectivity index (χ0) is 23.9. The van der Waals surface area contributed by atoms with Gasteiger partial charge in [0.15, 0.2) is 11.5 Å². The second-order valence-electron chi connectivity index (χ2n) is 8.37. The fourth-order valence-electron chi connectivity index (χ4n) is 4.45. The van der Waals surface area contributed by atoms with Gasteiger partial charge in [-0.1, -0.05) is 18.2 Å². The van der Waals surface area contributed by atoms with Gasteiger partial charge in [0.05, 0.1) is 30.3 Å². The quantitative estimate of drug-likeness (QED) is 0.600. The number of benzene rings is 2. The Hall–Kier alpha value is -3.53. The van der Waals surface area contributed by atoms with Crippen LogP contribution in [0.15, 0.2) is 47.4 Å². The number of ether oxygens (including phenoxy) is 2. The molecule has 5 rings (SSSR count). The maximum atomic E-state index is 13.5. The molecule has 0 saturated carbocycles. The Morgan fingerprint density at radius 3 is 2.68 bits per heavy atom. The molecule has 0 fully saturated rings. The van der Waals surface area contributed by atoms with Crippen molar-refractivity contribution in [1.29, 1.82) is 0 Å². The monoisotopic (exact) mass is 482 g/mol. The number of nitrogens with one attached hydrogen (secondary N) is 1. The van der Waals surface area contributed by atoms with Crippen LogP contribution >= 0.6 is 0 Å². The van der Waals surface area contributed by atoms with Crippen molar-refractivity contribution in [2.45, 2.75) is 38.1 Å². The SMILES string of the molecule is Cc1nn(CC(=O)Nc2ccc3c(c2)OCCCO3)c(C)c1S(=O)(=O)N1CCc2ccccc21. The van der Waals surface area contributed by atoms with Gasteiger partial charge in [0.1, 0.15) is 11.4 Å². The molecular formula is C24H26N4O5S. The van der Waals surface area contributed by atoms with E-state index in [0.29, 0.717) is 60.4 Å². The summed E-state index contributed by atoms with van der Waals surface area (Å²) in [5.41, 5.74) is 3.06. The van der Waals surface area contributed by atoms with Crippen LogP contribution in [-0.2, 0) is 27.8 Å². The van der Waals surface area contributed by atoms with Crippen molar-refractivity contribution in [2.24, 2.45) is 0 Å². The Morgan fingerprint density at radius 1 is 1.09 bits per heavy atom. The molecule has 1 aromatic heterocycles. The van der Waals surface area contributed by atoms with Crippen molar-refractivity contribution < 1.29 is 22.7 Å². The molecule has 0 spiro atoms. The lowest BCUT2D eigenvalue weighted by atomic mass is 10.2. The zero-order valence-electron chi connectivity index (χ0n) is 19.1. The van der Waals surface area contributed by atoms with Crippen LogP contribution in [0, 0.1) is 13.8 Å². The Bertz CT molecular complexity index is 1370. The number of amides is 1. The highest BCUT2D eigenvalue weighted by Gasteiger charge is 2.35. The summed E-state index contributed by atoms with van der Waals surface area (Å²) < 4.78 is 41.2. The second-order valence-corrected chi connectivity index (χ2v) is 10.2. The van der Waals surface area contributed by atoms with Crippen LogP contribution in [-0.4, -0.2) is 43.9 Å². The summed E-state index contributed by atoms with van der Waals surface area (Å²) in [7, 11) is -3.81. The molecule has 178 valence electrons. The van der Waals surface area contributed by atoms with E-state index in [-0.39, 0.29) is 17.3 Å². The van der Waals surface area contributed by atoms with Crippen molar-refractivity contribution >= 4 is 27.3 Å². The van der Waals surface area contributed by atoms with Crippen molar-refractivity contribution in [3.63, 3.8) is 0 Å². The van der Waals surface area contributed by atoms with Gasteiger partial charge in [-0.2, -0.15) is 5.10 Å². The first-order valence-electron chi connectivity index (χ1n) is 11.2. The number of carbonyl (C=O) groups is 1. The largest absolute Gasteiger partial charge is 0.490 e. The summed E-state index contributed by atoms with van der Waals surface area (Å²) in [6, 6.07) is 12.7. The van der Waals surface area contributed by atoms with Gasteiger partial charge in [-0.3, -0.25) is 13.8 Å². The van der Waals surface area contributed by atoms with E-state index in [1.165, 1.54) is 8.99 Å². The van der Waals surface area contributed by atoms with Crippen molar-refractivity contribution in [1.82, 2.24) is 9.78 Å². The van der Waals surface area contributed by atoms with Crippen LogP contribution in [0.3, 0.4) is 0 Å². The molecule has 0 saturated heterocycles. The van der Waals surface area contributed by atoms with E-state index in [1.54, 1.807) is 32.0 Å². The molecule has 0 bridgehead atoms. The molecule has 2 aliphatic heterocycles. The van der Waals surface area contributed by atoms with Gasteiger partial charge < -0.3 is 14.8 Å². The number of anilines is 2. The Morgan fingerprint density at radius 2 is 1.85 bits per heavy atom. The molecule has 0 atom stereocenters. The first kappa shape index (κ1) is 22.3. The maximum Gasteiger partial charge on any atom is 0.268 e. The van der Waals surface area contributed by atoms with Crippen LogP contribution in [0.4, 0.5) is 11.4 Å². The lowest BCUT2D eigenvalue weighted by molar-refractivity contribution is -0.116. The molecule has 0 aliphatic carbocycles. The van der Waals surface area contributed by atoms with Gasteiger partial charge >= 0.3 is 0 Å². The second kappa shape index (κ2) is 8.68. The summed E-state index contributed by atoms with van der Waals surface area (Å²) in [6.45, 7) is 4.74. The molecule has 1 amide bonds. The molecule has 0 radical (unpaired) electrons. The number of sulfonamides is 1. The highest BCUT2D eigenvalue weighted by Crippen LogP contribution is 2.35. The number of carbonyl (C=O) groups excluding carboxylic acids is 1. The number of rotatable bonds is 5. The summed E-state index contributed by atoms with van der Waals surface area (Å²) in [4.78, 5) is 12.9. The predicted octanol–water partition coefficient (Wildman–Crippen LogP) is 3.05. The fraction of sp³-hybridized carbons (Fsp3) is 0.333. The molecule has 2 aliphatic rings. The van der Waals surface area contributed by atoms with Crippen LogP contribution in [0.5, 0.6) is 11.5 Å². The van der Waals surface area contributed by atoms with Gasteiger partial charge in [-0.25, -0.2) is 8.42 Å². The number of hydrogen-bond donors (Lipinski definition) is 1. The van der Waals surface area contributed by atoms with E-state index in [0.717, 1.165) is 12.0 Å². The average Bonchev–Trinajstić information content (AvgIpc) is 3.26. The van der Waals surface area contributed by atoms with Gasteiger partial charge in [-0.15, -0.1) is 0 Å². The van der Waals surface area contributed by atoms with E-state index in [2.05, 4.69) is 10.4 Å². The topological polar surface area (TPSA) is 103 Å². The number of hydrogen-bond acceptors (Lipinski definition) is 6. The third kappa shape index (κ3) is 3.98. The summed E-state index contributed by atoms with van der Waals surface area (Å²) >= 11 is 0. The Kier molecular flexibility index (Phi) is 5.68. The van der Waals surface area contributed by atoms with Crippen LogP contribution in [0.2, 0.25) is 0 Å². The highest BCUT2D eigenvalue weighted by molar-refractivity contribution is 7.93. The minimum Gasteiger partial charge on any atom is -0.490 e. The van der Waals surface area contributed by atoms with E-state index in [4.69, 9.17) is 9.47 Å². The van der Waals surface area contributed by atoms with Gasteiger partial charge in [0.25, 0.3) is 10.0 Å². The highest BCUT2D eigenvalue weighted by atomic mass is 32.2. The third-order valence-corrected chi connectivity index (χ3v) is 8.10. The molecule has 1 N–H and O–H groups in total. The lowest BCUT2D eigenvalue weighted by Crippen LogP contribution is -2.30. The Balaban J connectivity index is 1.35. The van der Waals surface area contributed by atoms with Crippen molar-refractivity contribution in [2.75, 3.05) is 29.4 Å². The number of nitrogens with zero attached hydrogens (tertiary/aromatic N) is 3. The molecule has 0 unspecified atom stereocenters. The first-order valence-corrected chi connectivity index (χ1v) is 12.6. The molecular weight excluding hydrogens is 456 g/mol. The van der Waals surface area contributed by atoms with Crippen LogP contribution < -0.4 is 19.1 Å². The van der Waals surface area contributed by atoms with Gasteiger partial charge in [0, 0.05) is 24.7 Å². The molecule has 2 aromatic carbocycles. The fourth-order valence-corrected chi connectivity index (χ4v) is 6.34. The van der Waals surface area contributed by atoms with E-state index in [9.17, 15) is 13.2 Å². The molecule has 9 nitrogen and oxygen atoms in total. The zero-order valence-corrected chi connectivity index (χ0v) is 19.9. The maximum absolute atomic E-state index is 13.5. The van der Waals surface area contributed by atoms with Gasteiger partial charge in [-0.05, 0) is 44.0 Å². The predicted molar refractivity (Wildman–Crippen MR) is 127 cm³/mol. The van der Waals surface area contributed by atoms with E-state index >= 15 is 0 Å². The standard InChI is InChI=1S/C24H26N4O5S/c1-16-24(34(30,31)28-11-10-18-6-3-4-7-20(18)28)17(2)27(26-16)15-23(29)25-19-8-9-21-22(14-19)33-13-5-12-32-21/h3-4,6-9,14H,5,10-13,15H2,1-2H3,(H,25,29). The molecule has 3 aromatic rings. The minimum atomic E-state index is -3.81. The lowest BCUT2D eigenvalue weighted by Gasteiger charge is -2.19. The number of fused-ring (bicyclic) bond motifs is 2. The number of aryl methyl sites for hydroxylation is 1. The molecule has 3 heterocycles. The summed E-state index contributed by atoms with van der Waals surface area (Å²) in [6.07, 6.45) is 1.46.